The number of aliphatic hydroxyl groups is 2. The molecule has 0 heterocycles. The Hall–Kier alpha value is 0.486. The molecule has 0 radical (unpaired) electrons. The molecule has 9 heteroatoms. The molecule has 0 atom stereocenters. The molecule has 0 aromatic heterocycles. The quantitative estimate of drug-likeness (QED) is 0.0408. The van der Waals surface area contributed by atoms with Crippen molar-refractivity contribution in [1.82, 2.24) is 0 Å². The third kappa shape index (κ3) is 39.6. The molecular formula is C53H106O5SSn3. The number of aryl methyl sites for hydroxylation is 1. The predicted octanol–water partition coefficient (Wildman–Crippen LogP) is 16.4. The molecule has 0 amide bonds. The molecule has 0 fully saturated rings. The van der Waals surface area contributed by atoms with Crippen LogP contribution in [-0.4, -0.2) is 95.0 Å². The van der Waals surface area contributed by atoms with E-state index in [0.29, 0.717) is 0 Å². The number of rotatable bonds is 34. The summed E-state index contributed by atoms with van der Waals surface area (Å²) in [7, 11) is -3.67. The van der Waals surface area contributed by atoms with Crippen molar-refractivity contribution in [2.24, 2.45) is 0 Å². The summed E-state index contributed by atoms with van der Waals surface area (Å²) < 4.78 is 48.7. The van der Waals surface area contributed by atoms with Gasteiger partial charge in [-0.1, -0.05) is 13.3 Å². The van der Waals surface area contributed by atoms with Gasteiger partial charge in [-0.15, -0.1) is 6.42 Å². The van der Waals surface area contributed by atoms with Crippen LogP contribution in [0.4, 0.5) is 0 Å². The van der Waals surface area contributed by atoms with Crippen molar-refractivity contribution in [3.8, 4) is 12.3 Å². The fourth-order valence-corrected chi connectivity index (χ4v) is 48.3. The van der Waals surface area contributed by atoms with Crippen molar-refractivity contribution in [1.29, 1.82) is 0 Å². The molecule has 0 bridgehead atoms. The number of hydrogen-bond acceptors (Lipinski definition) is 5. The van der Waals surface area contributed by atoms with Crippen molar-refractivity contribution in [3.05, 3.63) is 50.2 Å². The van der Waals surface area contributed by atoms with Gasteiger partial charge in [0.05, 0.1) is 0 Å². The molecule has 0 aliphatic rings. The minimum absolute atomic E-state index is 0. The van der Waals surface area contributed by atoms with Gasteiger partial charge < -0.3 is 5.11 Å². The van der Waals surface area contributed by atoms with Crippen LogP contribution in [0.3, 0.4) is 0 Å². The molecule has 0 aliphatic carbocycles. The van der Waals surface area contributed by atoms with Crippen molar-refractivity contribution in [2.75, 3.05) is 19.8 Å². The van der Waals surface area contributed by atoms with Gasteiger partial charge in [0.25, 0.3) is 0 Å². The van der Waals surface area contributed by atoms with Crippen molar-refractivity contribution < 1.29 is 22.8 Å². The van der Waals surface area contributed by atoms with Gasteiger partial charge in [-0.05, 0) is 0 Å². The number of benzene rings is 1. The standard InChI is InChI=1S/C10H11O3S.9C4H9.C3H5O.C3H4O.CH4.3Sn.H/c1-3-8-13-14(11,12)10-6-4-9(2)5-7-10;9*1-3-4-2;2*1-2-3-4;;;;;/h1,3-7H,8H2,2H3;9*1,3-4H2,2H3;1-2,4H,3H2;1,4H,3H2;1H4;;;;. The van der Waals surface area contributed by atoms with Crippen LogP contribution in [0.1, 0.15) is 191 Å². The zero-order valence-electron chi connectivity index (χ0n) is 42.0. The van der Waals surface area contributed by atoms with Gasteiger partial charge in [0, 0.05) is 0 Å². The first-order valence-electron chi connectivity index (χ1n) is 25.4. The fraction of sp³-hybridized carbons (Fsp3) is 0.774. The summed E-state index contributed by atoms with van der Waals surface area (Å²) in [4.78, 5) is 0.235. The molecule has 0 unspecified atom stereocenters. The third-order valence-electron chi connectivity index (χ3n) is 11.8. The maximum atomic E-state index is 12.3. The second-order valence-corrected chi connectivity index (χ2v) is 55.1. The molecule has 1 aromatic carbocycles. The van der Waals surface area contributed by atoms with Gasteiger partial charge in [-0.3, -0.25) is 0 Å². The van der Waals surface area contributed by atoms with Crippen LogP contribution in [-0.2, 0) is 14.3 Å². The van der Waals surface area contributed by atoms with E-state index < -0.39 is 66.6 Å². The van der Waals surface area contributed by atoms with Gasteiger partial charge in [-0.2, -0.15) is 0 Å². The molecule has 366 valence electrons. The first-order valence-corrected chi connectivity index (χ1v) is 49.2. The van der Waals surface area contributed by atoms with Gasteiger partial charge in [0.15, 0.2) is 0 Å². The van der Waals surface area contributed by atoms with Crippen molar-refractivity contribution in [3.63, 3.8) is 0 Å². The van der Waals surface area contributed by atoms with Crippen LogP contribution in [0.5, 0.6) is 0 Å². The van der Waals surface area contributed by atoms with E-state index in [-0.39, 0.29) is 32.1 Å². The average Bonchev–Trinajstić information content (AvgIpc) is 3.28. The SMILES string of the molecule is C.C#CCO.CCC[CH2][SnH]([CH2]CCC)[CH2]CCC.CCC[CH2][Sn](/[CH]=C/CO)([CH2]CCC)[CH2]CCC.CCC[CH2][Sn](/[CH]=C/COS(=O)(=O)c1ccc(C)cc1)([CH2]CCC)[CH2]CCC. The molecule has 1 aromatic rings. The van der Waals surface area contributed by atoms with Gasteiger partial charge in [0.1, 0.15) is 6.61 Å². The molecule has 0 saturated heterocycles. The Morgan fingerprint density at radius 3 is 1.16 bits per heavy atom. The third-order valence-corrected chi connectivity index (χ3v) is 52.1. The molecule has 1 rings (SSSR count). The van der Waals surface area contributed by atoms with Crippen LogP contribution < -0.4 is 0 Å². The topological polar surface area (TPSA) is 83.8 Å². The van der Waals surface area contributed by atoms with E-state index in [4.69, 9.17) is 14.4 Å². The normalized spacial score (nSPS) is 11.6. The summed E-state index contributed by atoms with van der Waals surface area (Å²) in [5, 5.41) is 16.7. The van der Waals surface area contributed by atoms with Crippen LogP contribution >= 0.6 is 0 Å². The Kier molecular flexibility index (Phi) is 55.0. The molecule has 0 saturated carbocycles. The van der Waals surface area contributed by atoms with E-state index in [1.807, 2.05) is 18.9 Å². The van der Waals surface area contributed by atoms with Gasteiger partial charge in [0.2, 0.25) is 0 Å². The van der Waals surface area contributed by atoms with Crippen LogP contribution in [0.15, 0.2) is 49.5 Å². The van der Waals surface area contributed by atoms with Crippen molar-refractivity contribution >= 4 is 66.6 Å². The number of terminal acetylenes is 1. The average molecular weight is 1210 g/mol. The Labute approximate surface area is 404 Å². The fourth-order valence-electron chi connectivity index (χ4n) is 7.84. The maximum absolute atomic E-state index is 12.3. The summed E-state index contributed by atoms with van der Waals surface area (Å²) in [6, 6.07) is 6.82. The molecule has 62 heavy (non-hydrogen) atoms. The van der Waals surface area contributed by atoms with Crippen LogP contribution in [0.2, 0.25) is 39.9 Å². The summed E-state index contributed by atoms with van der Waals surface area (Å²) >= 11 is -5.35. The van der Waals surface area contributed by atoms with E-state index >= 15 is 0 Å². The second-order valence-electron chi connectivity index (χ2n) is 17.5. The molecule has 2 N–H and O–H groups in total. The Morgan fingerprint density at radius 1 is 0.581 bits per heavy atom. The van der Waals surface area contributed by atoms with E-state index in [9.17, 15) is 8.42 Å². The zero-order valence-corrected chi connectivity index (χ0v) is 51.8. The Balaban J connectivity index is -0.000000413. The monoisotopic (exact) mass is 1210 g/mol. The Bertz CT molecular complexity index is 1210. The Morgan fingerprint density at radius 2 is 0.887 bits per heavy atom. The van der Waals surface area contributed by atoms with Crippen LogP contribution in [0.25, 0.3) is 0 Å². The molecular weight excluding hydrogens is 1100 g/mol. The molecule has 0 aliphatic heterocycles. The number of hydrogen-bond donors (Lipinski definition) is 2. The molecule has 5 nitrogen and oxygen atoms in total. The second kappa shape index (κ2) is 49.4. The first kappa shape index (κ1) is 69.1. The van der Waals surface area contributed by atoms with E-state index in [1.165, 1.54) is 142 Å². The molecule has 0 spiro atoms. The number of aliphatic hydroxyl groups excluding tert-OH is 2. The van der Waals surface area contributed by atoms with E-state index in [1.54, 1.807) is 37.6 Å². The van der Waals surface area contributed by atoms with Gasteiger partial charge >= 0.3 is 377 Å². The summed E-state index contributed by atoms with van der Waals surface area (Å²) in [6.07, 6.45) is 33.3. The van der Waals surface area contributed by atoms with Gasteiger partial charge in [-0.25, -0.2) is 0 Å². The predicted molar refractivity (Wildman–Crippen MR) is 288 cm³/mol. The zero-order chi connectivity index (χ0) is 46.5. The van der Waals surface area contributed by atoms with E-state index in [2.05, 4.69) is 83.0 Å². The summed E-state index contributed by atoms with van der Waals surface area (Å²) in [6.45, 7) is 22.9. The minimum atomic E-state index is -3.67. The first-order chi connectivity index (χ1) is 29.4. The van der Waals surface area contributed by atoms with Crippen molar-refractivity contribution in [2.45, 2.75) is 237 Å². The van der Waals surface area contributed by atoms with E-state index in [0.717, 1.165) is 5.56 Å². The van der Waals surface area contributed by atoms with Crippen LogP contribution in [0, 0.1) is 19.3 Å². The number of unbranched alkanes of at least 4 members (excludes halogenated alkanes) is 9. The summed E-state index contributed by atoms with van der Waals surface area (Å²) in [5.41, 5.74) is 1.04. The summed E-state index contributed by atoms with van der Waals surface area (Å²) in [5.74, 6) is 1.99.